The summed E-state index contributed by atoms with van der Waals surface area (Å²) in [5.74, 6) is 1.67. The molecule has 0 spiro atoms. The molecule has 0 N–H and O–H groups in total. The van der Waals surface area contributed by atoms with Gasteiger partial charge in [-0.15, -0.1) is 0 Å². The molecular weight excluding hydrogens is 419 g/mol. The van der Waals surface area contributed by atoms with E-state index < -0.39 is 18.7 Å². The van der Waals surface area contributed by atoms with E-state index in [4.69, 9.17) is 4.42 Å². The maximum atomic E-state index is 6.11. The summed E-state index contributed by atoms with van der Waals surface area (Å²) in [4.78, 5) is 6.88. The van der Waals surface area contributed by atoms with Gasteiger partial charge in [0.2, 0.25) is 0 Å². The third-order valence-electron chi connectivity index (χ3n) is 4.21. The van der Waals surface area contributed by atoms with E-state index in [-0.39, 0.29) is 0 Å². The van der Waals surface area contributed by atoms with Crippen molar-refractivity contribution in [1.29, 1.82) is 0 Å². The van der Waals surface area contributed by atoms with Crippen LogP contribution in [0, 0.1) is 6.92 Å². The molecule has 0 fully saturated rings. The summed E-state index contributed by atoms with van der Waals surface area (Å²) in [6.45, 7) is 2.09. The summed E-state index contributed by atoms with van der Waals surface area (Å²) >= 11 is -2.49. The molecule has 2 aromatic carbocycles. The van der Waals surface area contributed by atoms with Gasteiger partial charge in [0.15, 0.2) is 0 Å². The van der Waals surface area contributed by atoms with Gasteiger partial charge in [-0.2, -0.15) is 0 Å². The first-order valence-corrected chi connectivity index (χ1v) is 18.2. The predicted octanol–water partition coefficient (Wildman–Crippen LogP) is 4.74. The Morgan fingerprint density at radius 3 is 2.48 bits per heavy atom. The molecule has 2 aromatic heterocycles. The Hall–Kier alpha value is -2.15. The molecule has 0 bridgehead atoms. The number of aryl methyl sites for hydroxylation is 1. The standard InChI is InChI=1S/C16H11N4O.3CH3.Sn/c1-10-6-7-14-11(8-10)9-15(21-14)12-4-2-3-5-13(12)16-17-19-20-18-16;;;;/h2-9H,1H3;3*1H3;/q-1;;;;+1. The molecule has 2 heterocycles. The molecule has 0 radical (unpaired) electrons. The van der Waals surface area contributed by atoms with Crippen molar-refractivity contribution < 1.29 is 4.42 Å². The van der Waals surface area contributed by atoms with Crippen molar-refractivity contribution in [3.63, 3.8) is 0 Å². The normalized spacial score (nSPS) is 12.0. The van der Waals surface area contributed by atoms with Gasteiger partial charge in [0.1, 0.15) is 0 Å². The van der Waals surface area contributed by atoms with Gasteiger partial charge in [0, 0.05) is 0 Å². The SMILES string of the molecule is Cc1ccc2oc(-c3ccccc3-c3nnn[n]3[Sn]([CH3])([CH3])[CH3])cc2c1. The van der Waals surface area contributed by atoms with E-state index in [1.54, 1.807) is 0 Å². The summed E-state index contributed by atoms with van der Waals surface area (Å²) in [5, 5.41) is 13.6. The number of furan rings is 1. The van der Waals surface area contributed by atoms with Crippen molar-refractivity contribution in [2.45, 2.75) is 21.7 Å². The van der Waals surface area contributed by atoms with Crippen LogP contribution in [-0.2, 0) is 0 Å². The molecule has 0 saturated heterocycles. The summed E-state index contributed by atoms with van der Waals surface area (Å²) in [6, 6.07) is 16.5. The average molecular weight is 439 g/mol. The van der Waals surface area contributed by atoms with Crippen LogP contribution in [0.2, 0.25) is 14.8 Å². The van der Waals surface area contributed by atoms with Crippen LogP contribution in [0.25, 0.3) is 33.7 Å². The number of aromatic nitrogens is 4. The Kier molecular flexibility index (Phi) is 3.91. The van der Waals surface area contributed by atoms with Gasteiger partial charge in [0.05, 0.1) is 0 Å². The van der Waals surface area contributed by atoms with Crippen molar-refractivity contribution in [2.24, 2.45) is 0 Å². The number of nitrogens with zero attached hydrogens (tertiary/aromatic N) is 4. The Labute approximate surface area is 150 Å². The van der Waals surface area contributed by atoms with Crippen molar-refractivity contribution in [3.8, 4) is 22.7 Å². The average Bonchev–Trinajstić information content (AvgIpc) is 3.20. The number of benzene rings is 2. The van der Waals surface area contributed by atoms with Crippen LogP contribution in [0.1, 0.15) is 5.56 Å². The maximum absolute atomic E-state index is 6.11. The van der Waals surface area contributed by atoms with E-state index in [1.807, 2.05) is 18.2 Å². The van der Waals surface area contributed by atoms with Crippen molar-refractivity contribution in [3.05, 3.63) is 54.1 Å². The van der Waals surface area contributed by atoms with Crippen LogP contribution in [0.4, 0.5) is 0 Å². The fourth-order valence-electron chi connectivity index (χ4n) is 3.00. The van der Waals surface area contributed by atoms with E-state index in [0.717, 1.165) is 33.7 Å². The molecule has 4 aromatic rings. The Bertz CT molecular complexity index is 1060. The van der Waals surface area contributed by atoms with E-state index >= 15 is 0 Å². The molecule has 0 aliphatic carbocycles. The summed E-state index contributed by atoms with van der Waals surface area (Å²) in [7, 11) is 0. The minimum absolute atomic E-state index is 0.829. The topological polar surface area (TPSA) is 56.7 Å². The number of tetrazole rings is 1. The summed E-state index contributed by atoms with van der Waals surface area (Å²) in [5.41, 5.74) is 4.14. The molecule has 0 saturated carbocycles. The van der Waals surface area contributed by atoms with E-state index in [9.17, 15) is 0 Å². The van der Waals surface area contributed by atoms with Gasteiger partial charge in [-0.05, 0) is 0 Å². The zero-order chi connectivity index (χ0) is 17.6. The fourth-order valence-corrected chi connectivity index (χ4v) is 6.16. The van der Waals surface area contributed by atoms with Gasteiger partial charge >= 0.3 is 151 Å². The van der Waals surface area contributed by atoms with Crippen LogP contribution >= 0.6 is 0 Å². The molecule has 6 heteroatoms. The first kappa shape index (κ1) is 16.3. The molecule has 5 nitrogen and oxygen atoms in total. The number of hydrogen-bond acceptors (Lipinski definition) is 4. The summed E-state index contributed by atoms with van der Waals surface area (Å²) < 4.78 is 8.17. The number of fused-ring (bicyclic) bond motifs is 1. The van der Waals surface area contributed by atoms with Gasteiger partial charge in [-0.3, -0.25) is 0 Å². The fraction of sp³-hybridized carbons (Fsp3) is 0.211. The van der Waals surface area contributed by atoms with Gasteiger partial charge < -0.3 is 0 Å². The second-order valence-electron chi connectivity index (χ2n) is 7.28. The predicted molar refractivity (Wildman–Crippen MR) is 102 cm³/mol. The van der Waals surface area contributed by atoms with Crippen LogP contribution in [-0.4, -0.2) is 37.1 Å². The molecule has 126 valence electrons. The van der Waals surface area contributed by atoms with E-state index in [0.29, 0.717) is 0 Å². The first-order valence-electron chi connectivity index (χ1n) is 8.32. The molecule has 4 rings (SSSR count). The van der Waals surface area contributed by atoms with Gasteiger partial charge in [-0.1, -0.05) is 0 Å². The third-order valence-corrected chi connectivity index (χ3v) is 8.70. The second-order valence-corrected chi connectivity index (χ2v) is 20.9. The van der Waals surface area contributed by atoms with Crippen LogP contribution in [0.3, 0.4) is 0 Å². The second kappa shape index (κ2) is 5.98. The van der Waals surface area contributed by atoms with Gasteiger partial charge in [-0.25, -0.2) is 0 Å². The zero-order valence-electron chi connectivity index (χ0n) is 14.8. The number of hydrogen-bond donors (Lipinski definition) is 0. The summed E-state index contributed by atoms with van der Waals surface area (Å²) in [6.07, 6.45) is 0. The minimum atomic E-state index is -2.49. The van der Waals surface area contributed by atoms with Crippen molar-refractivity contribution in [1.82, 2.24) is 18.4 Å². The Morgan fingerprint density at radius 2 is 1.72 bits per heavy atom. The van der Waals surface area contributed by atoms with Gasteiger partial charge in [0.25, 0.3) is 0 Å². The van der Waals surface area contributed by atoms with Crippen molar-refractivity contribution in [2.75, 3.05) is 0 Å². The quantitative estimate of drug-likeness (QED) is 0.433. The molecular formula is C19H20N4OSn. The monoisotopic (exact) mass is 440 g/mol. The van der Waals surface area contributed by atoms with Crippen LogP contribution < -0.4 is 0 Å². The molecule has 25 heavy (non-hydrogen) atoms. The zero-order valence-corrected chi connectivity index (χ0v) is 17.7. The molecule has 0 aliphatic heterocycles. The van der Waals surface area contributed by atoms with E-state index in [2.05, 4.69) is 70.5 Å². The van der Waals surface area contributed by atoms with E-state index in [1.165, 1.54) is 5.56 Å². The number of rotatable bonds is 3. The Morgan fingerprint density at radius 1 is 0.960 bits per heavy atom. The van der Waals surface area contributed by atoms with Crippen LogP contribution in [0.15, 0.2) is 52.9 Å². The van der Waals surface area contributed by atoms with Crippen molar-refractivity contribution >= 4 is 29.6 Å². The third kappa shape index (κ3) is 2.97. The molecule has 0 unspecified atom stereocenters. The molecule has 0 aliphatic rings. The first-order chi connectivity index (χ1) is 11.9. The van der Waals surface area contributed by atoms with Crippen LogP contribution in [0.5, 0.6) is 0 Å². The molecule has 0 amide bonds. The Balaban J connectivity index is 1.91. The molecule has 0 atom stereocenters.